The van der Waals surface area contributed by atoms with Crippen LogP contribution in [0.1, 0.15) is 46.7 Å². The van der Waals surface area contributed by atoms with Gasteiger partial charge in [0.05, 0.1) is 59.9 Å². The molecule has 11 heteroatoms. The van der Waals surface area contributed by atoms with E-state index >= 15 is 0 Å². The van der Waals surface area contributed by atoms with E-state index < -0.39 is 0 Å². The molecular formula is C37H41Cl2N5O4. The number of fused-ring (bicyclic) bond motifs is 1. The third-order valence-corrected chi connectivity index (χ3v) is 9.92. The number of hydrogen-bond acceptors (Lipinski definition) is 7. The van der Waals surface area contributed by atoms with Gasteiger partial charge in [-0.05, 0) is 73.8 Å². The Bertz CT molecular complexity index is 1840. The summed E-state index contributed by atoms with van der Waals surface area (Å²) in [4.78, 5) is 22.8. The number of para-hydroxylation sites is 2. The minimum Gasteiger partial charge on any atom is -0.497 e. The number of anilines is 1. The SMILES string of the molecule is COc1ccc(C(=O)N(C)CC(CCN2CCC(Nc3nc4ccccc4n3Cc3ccoc3)CC2)c2ccc(Cl)c(Cl)c2)c(OC)c1. The van der Waals surface area contributed by atoms with Crippen LogP contribution in [0.2, 0.25) is 10.0 Å². The summed E-state index contributed by atoms with van der Waals surface area (Å²) in [6.07, 6.45) is 6.35. The molecular weight excluding hydrogens is 649 g/mol. The van der Waals surface area contributed by atoms with E-state index in [1.165, 1.54) is 0 Å². The predicted molar refractivity (Wildman–Crippen MR) is 191 cm³/mol. The second kappa shape index (κ2) is 15.4. The largest absolute Gasteiger partial charge is 0.497 e. The van der Waals surface area contributed by atoms with E-state index in [1.54, 1.807) is 49.8 Å². The van der Waals surface area contributed by atoms with Gasteiger partial charge in [0.2, 0.25) is 5.95 Å². The van der Waals surface area contributed by atoms with Gasteiger partial charge >= 0.3 is 0 Å². The third kappa shape index (κ3) is 7.75. The summed E-state index contributed by atoms with van der Waals surface area (Å²) < 4.78 is 18.4. The zero-order valence-corrected chi connectivity index (χ0v) is 29.0. The average molecular weight is 691 g/mol. The predicted octanol–water partition coefficient (Wildman–Crippen LogP) is 7.82. The monoisotopic (exact) mass is 689 g/mol. The highest BCUT2D eigenvalue weighted by Gasteiger charge is 2.25. The first-order chi connectivity index (χ1) is 23.3. The molecule has 3 aromatic carbocycles. The smallest absolute Gasteiger partial charge is 0.257 e. The molecule has 0 spiro atoms. The quantitative estimate of drug-likeness (QED) is 0.135. The van der Waals surface area contributed by atoms with Gasteiger partial charge in [-0.2, -0.15) is 0 Å². The molecule has 2 aromatic heterocycles. The number of aromatic nitrogens is 2. The van der Waals surface area contributed by atoms with Crippen LogP contribution in [0.3, 0.4) is 0 Å². The molecule has 48 heavy (non-hydrogen) atoms. The molecule has 3 heterocycles. The van der Waals surface area contributed by atoms with Crippen molar-refractivity contribution >= 4 is 46.1 Å². The van der Waals surface area contributed by atoms with Crippen molar-refractivity contribution in [3.63, 3.8) is 0 Å². The maximum absolute atomic E-state index is 13.6. The van der Waals surface area contributed by atoms with Gasteiger partial charge in [-0.25, -0.2) is 4.98 Å². The molecule has 1 fully saturated rings. The van der Waals surface area contributed by atoms with E-state index in [0.717, 1.165) is 67.0 Å². The molecule has 1 N–H and O–H groups in total. The van der Waals surface area contributed by atoms with Crippen LogP contribution in [-0.2, 0) is 6.54 Å². The highest BCUT2D eigenvalue weighted by atomic mass is 35.5. The van der Waals surface area contributed by atoms with Crippen LogP contribution < -0.4 is 14.8 Å². The zero-order chi connectivity index (χ0) is 33.6. The fourth-order valence-corrected chi connectivity index (χ4v) is 6.76. The molecule has 0 bridgehead atoms. The number of benzene rings is 3. The fraction of sp³-hybridized carbons (Fsp3) is 0.351. The number of amides is 1. The number of hydrogen-bond donors (Lipinski definition) is 1. The molecule has 252 valence electrons. The first-order valence-electron chi connectivity index (χ1n) is 16.2. The van der Waals surface area contributed by atoms with Gasteiger partial charge in [0.1, 0.15) is 11.5 Å². The van der Waals surface area contributed by atoms with Crippen molar-refractivity contribution in [1.29, 1.82) is 0 Å². The maximum atomic E-state index is 13.6. The molecule has 1 aliphatic rings. The Morgan fingerprint density at radius 2 is 1.85 bits per heavy atom. The molecule has 0 saturated carbocycles. The standard InChI is InChI=1S/C37H41Cl2N5O4/c1-42(36(45)30-10-9-29(46-2)21-35(30)47-3)23-27(26-8-11-31(38)32(39)20-26)12-16-43-17-13-28(14-18-43)40-37-41-33-6-4-5-7-34(33)44(37)22-25-15-19-48-24-25/h4-11,15,19-21,24,27-28H,12-14,16-18,22-23H2,1-3H3,(H,40,41). The Hall–Kier alpha value is -4.18. The lowest BCUT2D eigenvalue weighted by Gasteiger charge is -2.34. The van der Waals surface area contributed by atoms with Crippen LogP contribution in [0.5, 0.6) is 11.5 Å². The van der Waals surface area contributed by atoms with E-state index in [9.17, 15) is 4.79 Å². The van der Waals surface area contributed by atoms with Gasteiger partial charge in [-0.3, -0.25) is 4.79 Å². The van der Waals surface area contributed by atoms with Crippen LogP contribution in [0.15, 0.2) is 83.7 Å². The minimum absolute atomic E-state index is 0.0524. The van der Waals surface area contributed by atoms with E-state index in [1.807, 2.05) is 43.4 Å². The third-order valence-electron chi connectivity index (χ3n) is 9.19. The number of methoxy groups -OCH3 is 2. The summed E-state index contributed by atoms with van der Waals surface area (Å²) in [6, 6.07) is 21.6. The Morgan fingerprint density at radius 1 is 1.04 bits per heavy atom. The lowest BCUT2D eigenvalue weighted by Crippen LogP contribution is -2.40. The molecule has 5 aromatic rings. The van der Waals surface area contributed by atoms with Crippen LogP contribution in [0.25, 0.3) is 11.0 Å². The van der Waals surface area contributed by atoms with Crippen molar-refractivity contribution < 1.29 is 18.7 Å². The summed E-state index contributed by atoms with van der Waals surface area (Å²) in [5.41, 5.74) is 4.72. The zero-order valence-electron chi connectivity index (χ0n) is 27.5. The Labute approximate surface area is 291 Å². The number of nitrogens with one attached hydrogen (secondary N) is 1. The first-order valence-corrected chi connectivity index (χ1v) is 17.0. The van der Waals surface area contributed by atoms with Gasteiger partial charge in [0.25, 0.3) is 5.91 Å². The van der Waals surface area contributed by atoms with Crippen molar-refractivity contribution in [2.45, 2.75) is 37.8 Å². The minimum atomic E-state index is -0.120. The van der Waals surface area contributed by atoms with Crippen LogP contribution in [0.4, 0.5) is 5.95 Å². The normalized spacial score (nSPS) is 14.6. The Balaban J connectivity index is 1.10. The number of ether oxygens (including phenoxy) is 2. The summed E-state index contributed by atoms with van der Waals surface area (Å²) in [5, 5.41) is 4.77. The van der Waals surface area contributed by atoms with Crippen molar-refractivity contribution in [3.8, 4) is 11.5 Å². The number of piperidine rings is 1. The van der Waals surface area contributed by atoms with Crippen molar-refractivity contribution in [3.05, 3.63) is 106 Å². The van der Waals surface area contributed by atoms with Gasteiger partial charge in [0.15, 0.2) is 0 Å². The second-order valence-electron chi connectivity index (χ2n) is 12.3. The molecule has 1 atom stereocenters. The fourth-order valence-electron chi connectivity index (χ4n) is 6.46. The topological polar surface area (TPSA) is 85.0 Å². The summed E-state index contributed by atoms with van der Waals surface area (Å²) in [7, 11) is 4.97. The Kier molecular flexibility index (Phi) is 10.8. The Morgan fingerprint density at radius 3 is 2.58 bits per heavy atom. The number of carbonyl (C=O) groups excluding carboxylic acids is 1. The number of likely N-dealkylation sites (N-methyl/N-ethyl adjacent to an activating group) is 1. The lowest BCUT2D eigenvalue weighted by molar-refractivity contribution is 0.0778. The lowest BCUT2D eigenvalue weighted by atomic mass is 9.94. The number of carbonyl (C=O) groups is 1. The molecule has 1 unspecified atom stereocenters. The summed E-state index contributed by atoms with van der Waals surface area (Å²) in [6.45, 7) is 4.02. The van der Waals surface area contributed by atoms with Gasteiger partial charge in [0, 0.05) is 50.3 Å². The molecule has 6 rings (SSSR count). The number of nitrogens with zero attached hydrogens (tertiary/aromatic N) is 4. The van der Waals surface area contributed by atoms with Crippen molar-refractivity contribution in [2.75, 3.05) is 52.8 Å². The van der Waals surface area contributed by atoms with Crippen molar-refractivity contribution in [1.82, 2.24) is 19.4 Å². The van der Waals surface area contributed by atoms with Crippen LogP contribution >= 0.6 is 23.2 Å². The van der Waals surface area contributed by atoms with Gasteiger partial charge < -0.3 is 33.6 Å². The highest BCUT2D eigenvalue weighted by Crippen LogP contribution is 2.31. The maximum Gasteiger partial charge on any atom is 0.257 e. The molecule has 1 aliphatic heterocycles. The second-order valence-corrected chi connectivity index (χ2v) is 13.1. The molecule has 9 nitrogen and oxygen atoms in total. The number of likely N-dealkylation sites (tertiary alicyclic amines) is 1. The molecule has 1 amide bonds. The molecule has 0 aliphatic carbocycles. The highest BCUT2D eigenvalue weighted by molar-refractivity contribution is 6.42. The van der Waals surface area contributed by atoms with E-state index in [4.69, 9.17) is 42.1 Å². The van der Waals surface area contributed by atoms with Crippen LogP contribution in [0, 0.1) is 0 Å². The van der Waals surface area contributed by atoms with Gasteiger partial charge in [-0.15, -0.1) is 0 Å². The summed E-state index contributed by atoms with van der Waals surface area (Å²) in [5.74, 6) is 1.93. The number of furan rings is 1. The molecule has 1 saturated heterocycles. The van der Waals surface area contributed by atoms with Gasteiger partial charge in [-0.1, -0.05) is 41.4 Å². The van der Waals surface area contributed by atoms with Crippen LogP contribution in [-0.4, -0.2) is 78.7 Å². The number of imidazole rings is 1. The first kappa shape index (κ1) is 33.7. The van der Waals surface area contributed by atoms with Crippen molar-refractivity contribution in [2.24, 2.45) is 0 Å². The number of rotatable bonds is 13. The summed E-state index contributed by atoms with van der Waals surface area (Å²) >= 11 is 12.7. The van der Waals surface area contributed by atoms with E-state index in [0.29, 0.717) is 46.2 Å². The van der Waals surface area contributed by atoms with E-state index in [-0.39, 0.29) is 11.8 Å². The number of halogens is 2. The average Bonchev–Trinajstić information content (AvgIpc) is 3.75. The van der Waals surface area contributed by atoms with E-state index in [2.05, 4.69) is 26.9 Å². The molecule has 0 radical (unpaired) electrons.